The number of hydrogen-bond acceptors (Lipinski definition) is 3. The van der Waals surface area contributed by atoms with Gasteiger partial charge in [0, 0.05) is 0 Å². The van der Waals surface area contributed by atoms with Gasteiger partial charge in [0.2, 0.25) is 0 Å². The van der Waals surface area contributed by atoms with Crippen molar-refractivity contribution in [3.63, 3.8) is 0 Å². The van der Waals surface area contributed by atoms with Crippen LogP contribution in [0.2, 0.25) is 39.3 Å². The van der Waals surface area contributed by atoms with Crippen molar-refractivity contribution in [2.75, 3.05) is 0 Å². The van der Waals surface area contributed by atoms with Crippen LogP contribution in [0.5, 0.6) is 0 Å². The summed E-state index contributed by atoms with van der Waals surface area (Å²) in [5, 5.41) is 0. The Bertz CT molecular complexity index is 170. The molecule has 0 N–H and O–H groups in total. The molecule has 0 saturated carbocycles. The first-order valence-electron chi connectivity index (χ1n) is 5.48. The third-order valence-electron chi connectivity index (χ3n) is 1.45. The van der Waals surface area contributed by atoms with Crippen molar-refractivity contribution in [2.45, 2.75) is 39.3 Å². The highest BCUT2D eigenvalue weighted by molar-refractivity contribution is 6.82. The fourth-order valence-electron chi connectivity index (χ4n) is 1.21. The third kappa shape index (κ3) is 6.61. The van der Waals surface area contributed by atoms with Crippen molar-refractivity contribution in [3.05, 3.63) is 12.3 Å². The molecule has 0 atom stereocenters. The van der Waals surface area contributed by atoms with Crippen LogP contribution < -0.4 is 0 Å². The first-order chi connectivity index (χ1) is 6.81. The molecule has 15 heavy (non-hydrogen) atoms. The Morgan fingerprint density at radius 1 is 0.800 bits per heavy atom. The van der Waals surface area contributed by atoms with Gasteiger partial charge in [0.05, 0.1) is 0 Å². The molecule has 0 fully saturated rings. The van der Waals surface area contributed by atoms with Gasteiger partial charge < -0.3 is 12.3 Å². The van der Waals surface area contributed by atoms with Gasteiger partial charge in [-0.3, -0.25) is 0 Å². The molecule has 0 aliphatic carbocycles. The van der Waals surface area contributed by atoms with E-state index in [9.17, 15) is 0 Å². The molecule has 90 valence electrons. The van der Waals surface area contributed by atoms with Gasteiger partial charge in [-0.05, 0) is 45.0 Å². The van der Waals surface area contributed by atoms with Crippen LogP contribution in [-0.4, -0.2) is 35.9 Å². The van der Waals surface area contributed by atoms with Gasteiger partial charge in [-0.2, -0.15) is 0 Å². The fraction of sp³-hybridized carbons (Fsp3) is 0.750. The maximum absolute atomic E-state index is 5.99. The molecule has 7 heteroatoms. The van der Waals surface area contributed by atoms with E-state index in [1.165, 1.54) is 0 Å². The summed E-state index contributed by atoms with van der Waals surface area (Å²) in [6.07, 6.45) is 0. The molecule has 0 radical (unpaired) electrons. The molecule has 0 rings (SSSR count). The Morgan fingerprint density at radius 2 is 1.07 bits per heavy atom. The largest absolute Gasteiger partial charge is 0.496 e. The molecule has 0 bridgehead atoms. The second-order valence-electron chi connectivity index (χ2n) is 4.31. The Morgan fingerprint density at radius 3 is 1.20 bits per heavy atom. The van der Waals surface area contributed by atoms with Crippen molar-refractivity contribution in [1.29, 1.82) is 0 Å². The van der Waals surface area contributed by atoms with E-state index in [1.54, 1.807) is 5.70 Å². The zero-order valence-corrected chi connectivity index (χ0v) is 15.2. The second kappa shape index (κ2) is 6.94. The maximum Gasteiger partial charge on any atom is 0.496 e. The van der Waals surface area contributed by atoms with Gasteiger partial charge in [0.25, 0.3) is 0 Å². The highest BCUT2D eigenvalue weighted by atomic mass is 28.5. The first kappa shape index (κ1) is 15.5. The monoisotopic (exact) mass is 280 g/mol. The lowest BCUT2D eigenvalue weighted by Crippen LogP contribution is -2.51. The summed E-state index contributed by atoms with van der Waals surface area (Å²) in [6.45, 7) is 16.7. The lowest BCUT2D eigenvalue weighted by atomic mass is 11.3. The van der Waals surface area contributed by atoms with Crippen LogP contribution in [0.1, 0.15) is 0 Å². The minimum absolute atomic E-state index is 1.15. The van der Waals surface area contributed by atoms with Gasteiger partial charge in [0.1, 0.15) is 0 Å². The number of hydrogen-bond donors (Lipinski definition) is 0. The molecule has 3 nitrogen and oxygen atoms in total. The SMILES string of the molecule is C=C[Si](O[SiH](C)C)(O[SiH](C)C)O[SiH](C)C. The van der Waals surface area contributed by atoms with Crippen LogP contribution in [0.4, 0.5) is 0 Å². The molecular formula is C8H24O3Si4. The van der Waals surface area contributed by atoms with Crippen LogP contribution in [0.15, 0.2) is 12.3 Å². The standard InChI is InChI=1S/C8H24O3Si4/c1-8-15(9-12(2)3,10-13(4)5)11-14(6)7/h8,12-14H,1H2,2-7H3. The molecule has 0 aromatic rings. The van der Waals surface area contributed by atoms with Crippen molar-refractivity contribution in [1.82, 2.24) is 0 Å². The van der Waals surface area contributed by atoms with Crippen LogP contribution >= 0.6 is 0 Å². The Kier molecular flexibility index (Phi) is 7.17. The van der Waals surface area contributed by atoms with Crippen LogP contribution in [-0.2, 0) is 12.3 Å². The number of rotatable bonds is 7. The van der Waals surface area contributed by atoms with Gasteiger partial charge in [-0.25, -0.2) is 0 Å². The van der Waals surface area contributed by atoms with Crippen molar-refractivity contribution in [3.8, 4) is 0 Å². The van der Waals surface area contributed by atoms with Gasteiger partial charge >= 0.3 is 8.80 Å². The zero-order chi connectivity index (χ0) is 12.1. The topological polar surface area (TPSA) is 27.7 Å². The molecule has 0 aliphatic rings. The summed E-state index contributed by atoms with van der Waals surface area (Å²) in [6, 6.07) is 0. The zero-order valence-electron chi connectivity index (χ0n) is 10.7. The molecule has 0 unspecified atom stereocenters. The Labute approximate surface area is 100.0 Å². The maximum atomic E-state index is 5.99. The highest BCUT2D eigenvalue weighted by Gasteiger charge is 2.39. The fourth-order valence-corrected chi connectivity index (χ4v) is 12.4. The average Bonchev–Trinajstić information content (AvgIpc) is 1.99. The summed E-state index contributed by atoms with van der Waals surface area (Å²) < 4.78 is 18.0. The van der Waals surface area contributed by atoms with E-state index < -0.39 is 35.9 Å². The van der Waals surface area contributed by atoms with E-state index in [2.05, 4.69) is 45.9 Å². The quantitative estimate of drug-likeness (QED) is 0.664. The summed E-state index contributed by atoms with van der Waals surface area (Å²) in [7, 11) is -5.95. The summed E-state index contributed by atoms with van der Waals surface area (Å²) in [5.74, 6) is 0. The van der Waals surface area contributed by atoms with E-state index in [-0.39, 0.29) is 0 Å². The first-order valence-corrected chi connectivity index (χ1v) is 15.6. The third-order valence-corrected chi connectivity index (χ3v) is 11.5. The van der Waals surface area contributed by atoms with E-state index in [0.717, 1.165) is 0 Å². The van der Waals surface area contributed by atoms with Gasteiger partial charge in [0.15, 0.2) is 27.1 Å². The summed E-state index contributed by atoms with van der Waals surface area (Å²) in [4.78, 5) is 0. The van der Waals surface area contributed by atoms with E-state index in [1.807, 2.05) is 0 Å². The average molecular weight is 281 g/mol. The predicted octanol–water partition coefficient (Wildman–Crippen LogP) is 1.65. The second-order valence-corrected chi connectivity index (χ2v) is 15.0. The summed E-state index contributed by atoms with van der Waals surface area (Å²) >= 11 is 0. The Hall–Kier alpha value is 0.488. The van der Waals surface area contributed by atoms with Gasteiger partial charge in [-0.15, -0.1) is 6.58 Å². The Balaban J connectivity index is 4.66. The van der Waals surface area contributed by atoms with E-state index >= 15 is 0 Å². The molecule has 0 aromatic heterocycles. The minimum Gasteiger partial charge on any atom is -0.417 e. The minimum atomic E-state index is -2.51. The van der Waals surface area contributed by atoms with E-state index in [0.29, 0.717) is 0 Å². The van der Waals surface area contributed by atoms with E-state index in [4.69, 9.17) is 12.3 Å². The van der Waals surface area contributed by atoms with Gasteiger partial charge in [-0.1, -0.05) is 0 Å². The van der Waals surface area contributed by atoms with Crippen LogP contribution in [0.25, 0.3) is 0 Å². The highest BCUT2D eigenvalue weighted by Crippen LogP contribution is 2.15. The molecular weight excluding hydrogens is 256 g/mol. The van der Waals surface area contributed by atoms with Crippen molar-refractivity contribution < 1.29 is 12.3 Å². The van der Waals surface area contributed by atoms with Crippen molar-refractivity contribution >= 4 is 35.9 Å². The molecule has 0 heterocycles. The lowest BCUT2D eigenvalue weighted by molar-refractivity contribution is 0.288. The molecule has 0 amide bonds. The normalized spacial score (nSPS) is 12.9. The smallest absolute Gasteiger partial charge is 0.417 e. The summed E-state index contributed by atoms with van der Waals surface area (Å²) in [5.41, 5.74) is 1.81. The molecule has 0 aliphatic heterocycles. The van der Waals surface area contributed by atoms with Crippen LogP contribution in [0, 0.1) is 0 Å². The molecule has 0 saturated heterocycles. The molecule has 0 spiro atoms. The lowest BCUT2D eigenvalue weighted by Gasteiger charge is -2.32. The molecule has 0 aromatic carbocycles. The predicted molar refractivity (Wildman–Crippen MR) is 75.8 cm³/mol. The van der Waals surface area contributed by atoms with Crippen molar-refractivity contribution in [2.24, 2.45) is 0 Å². The van der Waals surface area contributed by atoms with Crippen LogP contribution in [0.3, 0.4) is 0 Å².